The normalized spacial score (nSPS) is 18.5. The Labute approximate surface area is 110 Å². The first-order chi connectivity index (χ1) is 8.31. The van der Waals surface area contributed by atoms with Gasteiger partial charge < -0.3 is 0 Å². The fourth-order valence-electron chi connectivity index (χ4n) is 2.77. The Hall–Kier alpha value is -0.490. The van der Waals surface area contributed by atoms with Crippen molar-refractivity contribution in [3.63, 3.8) is 0 Å². The Bertz CT molecular complexity index is 322. The minimum absolute atomic E-state index is 0.234. The van der Waals surface area contributed by atoms with Crippen molar-refractivity contribution in [1.29, 1.82) is 0 Å². The molecule has 0 heterocycles. The maximum atomic E-state index is 6.57. The van der Waals surface area contributed by atoms with Gasteiger partial charge >= 0.3 is 0 Å². The first kappa shape index (κ1) is 13.0. The third-order valence-corrected chi connectivity index (χ3v) is 4.54. The minimum Gasteiger partial charge on any atom is -0.118 e. The number of unbranched alkanes of at least 4 members (excludes halogenated alkanes) is 1. The van der Waals surface area contributed by atoms with Gasteiger partial charge in [-0.05, 0) is 42.7 Å². The molecule has 0 nitrogen and oxygen atoms in total. The lowest BCUT2D eigenvalue weighted by molar-refractivity contribution is 0.529. The zero-order valence-electron chi connectivity index (χ0n) is 10.8. The summed E-state index contributed by atoms with van der Waals surface area (Å²) in [5, 5.41) is 0.234. The van der Waals surface area contributed by atoms with Crippen LogP contribution in [0.25, 0.3) is 0 Å². The van der Waals surface area contributed by atoms with Gasteiger partial charge in [-0.2, -0.15) is 0 Å². The van der Waals surface area contributed by atoms with Crippen molar-refractivity contribution in [2.75, 3.05) is 0 Å². The highest BCUT2D eigenvalue weighted by molar-refractivity contribution is 6.21. The summed E-state index contributed by atoms with van der Waals surface area (Å²) in [5.74, 6) is 0.707. The van der Waals surface area contributed by atoms with Gasteiger partial charge in [-0.3, -0.25) is 0 Å². The molecule has 0 bridgehead atoms. The predicted molar refractivity (Wildman–Crippen MR) is 75.6 cm³/mol. The molecule has 0 aromatic heterocycles. The van der Waals surface area contributed by atoms with E-state index in [0.29, 0.717) is 5.92 Å². The van der Waals surface area contributed by atoms with Gasteiger partial charge in [0.05, 0.1) is 5.38 Å². The Kier molecular flexibility index (Phi) is 4.91. The largest absolute Gasteiger partial charge is 0.118 e. The molecule has 1 fully saturated rings. The maximum absolute atomic E-state index is 6.57. The van der Waals surface area contributed by atoms with Gasteiger partial charge in [0.1, 0.15) is 0 Å². The summed E-state index contributed by atoms with van der Waals surface area (Å²) in [4.78, 5) is 0. The van der Waals surface area contributed by atoms with Crippen LogP contribution in [0.2, 0.25) is 0 Å². The van der Waals surface area contributed by atoms with Crippen molar-refractivity contribution < 1.29 is 0 Å². The lowest BCUT2D eigenvalue weighted by Crippen LogP contribution is -2.03. The molecule has 1 aliphatic carbocycles. The van der Waals surface area contributed by atoms with E-state index < -0.39 is 0 Å². The lowest BCUT2D eigenvalue weighted by atomic mass is 9.96. The highest BCUT2D eigenvalue weighted by atomic mass is 35.5. The quantitative estimate of drug-likeness (QED) is 0.606. The fourth-order valence-corrected chi connectivity index (χ4v) is 3.17. The summed E-state index contributed by atoms with van der Waals surface area (Å²) in [6.07, 6.45) is 9.10. The smallest absolute Gasteiger partial charge is 0.0613 e. The fraction of sp³-hybridized carbons (Fsp3) is 0.625. The van der Waals surface area contributed by atoms with Crippen LogP contribution in [0, 0.1) is 5.92 Å². The van der Waals surface area contributed by atoms with Crippen LogP contribution >= 0.6 is 11.6 Å². The van der Waals surface area contributed by atoms with Crippen molar-refractivity contribution in [3.05, 3.63) is 35.4 Å². The van der Waals surface area contributed by atoms with Gasteiger partial charge in [-0.25, -0.2) is 0 Å². The van der Waals surface area contributed by atoms with E-state index in [1.807, 2.05) is 0 Å². The van der Waals surface area contributed by atoms with Crippen molar-refractivity contribution in [2.24, 2.45) is 5.92 Å². The van der Waals surface area contributed by atoms with E-state index in [9.17, 15) is 0 Å². The summed E-state index contributed by atoms with van der Waals surface area (Å²) in [6, 6.07) is 8.99. The zero-order valence-corrected chi connectivity index (χ0v) is 11.5. The first-order valence-electron chi connectivity index (χ1n) is 7.04. The second kappa shape index (κ2) is 6.44. The molecule has 17 heavy (non-hydrogen) atoms. The molecule has 0 amide bonds. The predicted octanol–water partition coefficient (Wildman–Crippen LogP) is 5.50. The molecular formula is C16H23Cl. The van der Waals surface area contributed by atoms with Gasteiger partial charge in [-0.1, -0.05) is 50.5 Å². The van der Waals surface area contributed by atoms with Crippen molar-refractivity contribution in [1.82, 2.24) is 0 Å². The van der Waals surface area contributed by atoms with Gasteiger partial charge in [0.25, 0.3) is 0 Å². The molecule has 1 aromatic carbocycles. The molecule has 0 aliphatic heterocycles. The molecule has 1 unspecified atom stereocenters. The average Bonchev–Trinajstić information content (AvgIpc) is 2.90. The number of hydrogen-bond donors (Lipinski definition) is 0. The van der Waals surface area contributed by atoms with Crippen LogP contribution < -0.4 is 0 Å². The number of alkyl halides is 1. The van der Waals surface area contributed by atoms with Gasteiger partial charge in [0.15, 0.2) is 0 Å². The summed E-state index contributed by atoms with van der Waals surface area (Å²) in [7, 11) is 0. The molecule has 94 valence electrons. The number of aryl methyl sites for hydroxylation is 1. The van der Waals surface area contributed by atoms with E-state index in [2.05, 4.69) is 31.2 Å². The Morgan fingerprint density at radius 3 is 2.41 bits per heavy atom. The van der Waals surface area contributed by atoms with Gasteiger partial charge in [0.2, 0.25) is 0 Å². The van der Waals surface area contributed by atoms with Gasteiger partial charge in [-0.15, -0.1) is 11.6 Å². The van der Waals surface area contributed by atoms with Crippen molar-refractivity contribution >= 4 is 11.6 Å². The molecule has 1 saturated carbocycles. The van der Waals surface area contributed by atoms with Crippen LogP contribution in [-0.2, 0) is 6.42 Å². The molecule has 2 rings (SSSR count). The monoisotopic (exact) mass is 250 g/mol. The van der Waals surface area contributed by atoms with E-state index >= 15 is 0 Å². The maximum Gasteiger partial charge on any atom is 0.0613 e. The first-order valence-corrected chi connectivity index (χ1v) is 7.48. The molecule has 1 heteroatoms. The summed E-state index contributed by atoms with van der Waals surface area (Å²) in [6.45, 7) is 2.24. The van der Waals surface area contributed by atoms with E-state index in [0.717, 1.165) is 0 Å². The van der Waals surface area contributed by atoms with E-state index in [1.165, 1.54) is 56.1 Å². The molecule has 0 radical (unpaired) electrons. The van der Waals surface area contributed by atoms with Crippen LogP contribution in [0.5, 0.6) is 0 Å². The van der Waals surface area contributed by atoms with Crippen LogP contribution in [0.1, 0.15) is 62.0 Å². The topological polar surface area (TPSA) is 0 Å². The molecule has 1 atom stereocenters. The number of halogens is 1. The second-order valence-corrected chi connectivity index (χ2v) is 5.76. The number of rotatable bonds is 5. The summed E-state index contributed by atoms with van der Waals surface area (Å²) in [5.41, 5.74) is 2.77. The Balaban J connectivity index is 1.96. The SMILES string of the molecule is CCCCc1ccc(C(Cl)C2CCCC2)cc1. The van der Waals surface area contributed by atoms with E-state index in [4.69, 9.17) is 11.6 Å². The Morgan fingerprint density at radius 1 is 1.18 bits per heavy atom. The lowest BCUT2D eigenvalue weighted by Gasteiger charge is -2.17. The van der Waals surface area contributed by atoms with Crippen LogP contribution in [0.15, 0.2) is 24.3 Å². The van der Waals surface area contributed by atoms with Crippen LogP contribution in [0.3, 0.4) is 0 Å². The highest BCUT2D eigenvalue weighted by Gasteiger charge is 2.24. The van der Waals surface area contributed by atoms with Crippen LogP contribution in [0.4, 0.5) is 0 Å². The van der Waals surface area contributed by atoms with Gasteiger partial charge in [0, 0.05) is 0 Å². The molecule has 1 aromatic rings. The van der Waals surface area contributed by atoms with E-state index in [1.54, 1.807) is 0 Å². The average molecular weight is 251 g/mol. The highest BCUT2D eigenvalue weighted by Crippen LogP contribution is 2.39. The standard InChI is InChI=1S/C16H23Cl/c1-2-3-6-13-9-11-15(12-10-13)16(17)14-7-4-5-8-14/h9-12,14,16H,2-8H2,1H3. The Morgan fingerprint density at radius 2 is 1.82 bits per heavy atom. The minimum atomic E-state index is 0.234. The second-order valence-electron chi connectivity index (χ2n) is 5.29. The summed E-state index contributed by atoms with van der Waals surface area (Å²) >= 11 is 6.57. The molecule has 0 N–H and O–H groups in total. The third kappa shape index (κ3) is 3.48. The number of hydrogen-bond acceptors (Lipinski definition) is 0. The van der Waals surface area contributed by atoms with Crippen molar-refractivity contribution in [3.8, 4) is 0 Å². The molecular weight excluding hydrogens is 228 g/mol. The van der Waals surface area contributed by atoms with Crippen LogP contribution in [-0.4, -0.2) is 0 Å². The summed E-state index contributed by atoms with van der Waals surface area (Å²) < 4.78 is 0. The molecule has 1 aliphatic rings. The molecule has 0 saturated heterocycles. The zero-order chi connectivity index (χ0) is 12.1. The van der Waals surface area contributed by atoms with Crippen molar-refractivity contribution in [2.45, 2.75) is 57.2 Å². The molecule has 0 spiro atoms. The number of benzene rings is 1. The third-order valence-electron chi connectivity index (χ3n) is 3.93. The van der Waals surface area contributed by atoms with E-state index in [-0.39, 0.29) is 5.38 Å².